The molecule has 0 aliphatic rings. The van der Waals surface area contributed by atoms with Crippen molar-refractivity contribution in [1.29, 1.82) is 0 Å². The smallest absolute Gasteiger partial charge is 0.221 e. The van der Waals surface area contributed by atoms with Gasteiger partial charge in [0.1, 0.15) is 0 Å². The first-order chi connectivity index (χ1) is 7.65. The second-order valence-electron chi connectivity index (χ2n) is 3.12. The number of rotatable bonds is 3. The summed E-state index contributed by atoms with van der Waals surface area (Å²) in [6, 6.07) is 10.6. The van der Waals surface area contributed by atoms with Gasteiger partial charge in [-0.1, -0.05) is 18.2 Å². The minimum absolute atomic E-state index is 0.126. The average molecular weight is 237 g/mol. The van der Waals surface area contributed by atoms with Crippen LogP contribution in [-0.4, -0.2) is 25.2 Å². The van der Waals surface area contributed by atoms with Gasteiger partial charge < -0.3 is 0 Å². The molecular formula is C10H11N3O2S. The molecule has 2 rings (SSSR count). The van der Waals surface area contributed by atoms with E-state index >= 15 is 0 Å². The molecule has 0 saturated carbocycles. The van der Waals surface area contributed by atoms with E-state index in [0.717, 1.165) is 0 Å². The van der Waals surface area contributed by atoms with E-state index in [-0.39, 0.29) is 5.03 Å². The summed E-state index contributed by atoms with van der Waals surface area (Å²) in [5.74, 6) is 0. The molecule has 0 atom stereocenters. The van der Waals surface area contributed by atoms with Crippen LogP contribution in [0.4, 0.5) is 0 Å². The molecule has 0 saturated heterocycles. The molecule has 0 radical (unpaired) electrons. The predicted molar refractivity (Wildman–Crippen MR) is 59.8 cm³/mol. The predicted octanol–water partition coefficient (Wildman–Crippen LogP) is 0.780. The van der Waals surface area contributed by atoms with Crippen LogP contribution in [0.2, 0.25) is 0 Å². The summed E-state index contributed by atoms with van der Waals surface area (Å²) in [6.45, 7) is 0. The van der Waals surface area contributed by atoms with Crippen LogP contribution >= 0.6 is 0 Å². The zero-order chi connectivity index (χ0) is 11.6. The van der Waals surface area contributed by atoms with E-state index in [1.165, 1.54) is 24.0 Å². The van der Waals surface area contributed by atoms with Crippen molar-refractivity contribution in [1.82, 2.24) is 14.5 Å². The third-order valence-electron chi connectivity index (χ3n) is 2.15. The first-order valence-corrected chi connectivity index (χ1v) is 6.16. The monoisotopic (exact) mass is 237 g/mol. The highest BCUT2D eigenvalue weighted by Crippen LogP contribution is 2.13. The number of benzene rings is 1. The maximum atomic E-state index is 11.7. The molecule has 0 amide bonds. The van der Waals surface area contributed by atoms with E-state index in [0.29, 0.717) is 5.69 Å². The van der Waals surface area contributed by atoms with Crippen LogP contribution in [0, 0.1) is 0 Å². The zero-order valence-corrected chi connectivity index (χ0v) is 9.48. The Hall–Kier alpha value is -1.66. The fraction of sp³-hybridized carbons (Fsp3) is 0.100. The Morgan fingerprint density at radius 1 is 1.19 bits per heavy atom. The van der Waals surface area contributed by atoms with Crippen LogP contribution in [0.5, 0.6) is 0 Å². The molecule has 1 heterocycles. The van der Waals surface area contributed by atoms with Gasteiger partial charge in [-0.25, -0.2) is 17.8 Å². The lowest BCUT2D eigenvalue weighted by Crippen LogP contribution is -2.21. The largest absolute Gasteiger partial charge is 0.257 e. The molecule has 5 nitrogen and oxygen atoms in total. The molecule has 6 heteroatoms. The van der Waals surface area contributed by atoms with Gasteiger partial charge in [0.2, 0.25) is 0 Å². The van der Waals surface area contributed by atoms with Crippen LogP contribution in [0.1, 0.15) is 0 Å². The number of nitrogens with zero attached hydrogens (tertiary/aromatic N) is 2. The van der Waals surface area contributed by atoms with Gasteiger partial charge in [-0.3, -0.25) is 0 Å². The van der Waals surface area contributed by atoms with Gasteiger partial charge in [0.25, 0.3) is 10.0 Å². The van der Waals surface area contributed by atoms with Crippen molar-refractivity contribution in [2.45, 2.75) is 5.03 Å². The molecule has 84 valence electrons. The van der Waals surface area contributed by atoms with Crippen molar-refractivity contribution in [3.8, 4) is 5.69 Å². The fourth-order valence-corrected chi connectivity index (χ4v) is 2.19. The average Bonchev–Trinajstić information content (AvgIpc) is 2.80. The van der Waals surface area contributed by atoms with Gasteiger partial charge in [-0.05, 0) is 25.2 Å². The normalized spacial score (nSPS) is 11.6. The lowest BCUT2D eigenvalue weighted by molar-refractivity contribution is 0.578. The Labute approximate surface area is 93.8 Å². The summed E-state index contributed by atoms with van der Waals surface area (Å²) in [5.41, 5.74) is 0.710. The van der Waals surface area contributed by atoms with Gasteiger partial charge in [-0.15, -0.1) is 0 Å². The van der Waals surface area contributed by atoms with Crippen molar-refractivity contribution < 1.29 is 8.42 Å². The first-order valence-electron chi connectivity index (χ1n) is 4.68. The van der Waals surface area contributed by atoms with Crippen molar-refractivity contribution in [2.75, 3.05) is 7.05 Å². The summed E-state index contributed by atoms with van der Waals surface area (Å²) < 4.78 is 27.0. The van der Waals surface area contributed by atoms with E-state index in [2.05, 4.69) is 9.82 Å². The number of sulfonamides is 1. The molecule has 1 N–H and O–H groups in total. The molecule has 1 aromatic carbocycles. The summed E-state index contributed by atoms with van der Waals surface area (Å²) in [5, 5.41) is 4.12. The van der Waals surface area contributed by atoms with Crippen LogP contribution in [0.25, 0.3) is 5.69 Å². The number of para-hydroxylation sites is 1. The van der Waals surface area contributed by atoms with Gasteiger partial charge in [-0.2, -0.15) is 5.10 Å². The lowest BCUT2D eigenvalue weighted by Gasteiger charge is -2.06. The zero-order valence-electron chi connectivity index (χ0n) is 8.66. The Balaban J connectivity index is 2.58. The number of nitrogens with one attached hydrogen (secondary N) is 1. The van der Waals surface area contributed by atoms with Crippen molar-refractivity contribution in [3.05, 3.63) is 42.6 Å². The maximum absolute atomic E-state index is 11.7. The van der Waals surface area contributed by atoms with E-state index in [9.17, 15) is 8.42 Å². The van der Waals surface area contributed by atoms with Crippen LogP contribution in [0.15, 0.2) is 47.6 Å². The van der Waals surface area contributed by atoms with Crippen LogP contribution in [0.3, 0.4) is 0 Å². The summed E-state index contributed by atoms with van der Waals surface area (Å²) in [4.78, 5) is 0. The molecule has 0 aliphatic carbocycles. The van der Waals surface area contributed by atoms with E-state index in [1.54, 1.807) is 12.1 Å². The van der Waals surface area contributed by atoms with Gasteiger partial charge >= 0.3 is 0 Å². The maximum Gasteiger partial charge on any atom is 0.257 e. The summed E-state index contributed by atoms with van der Waals surface area (Å²) in [7, 11) is -2.11. The molecule has 0 fully saturated rings. The summed E-state index contributed by atoms with van der Waals surface area (Å²) in [6.07, 6.45) is 1.46. The Morgan fingerprint density at radius 2 is 1.88 bits per heavy atom. The summed E-state index contributed by atoms with van der Waals surface area (Å²) >= 11 is 0. The van der Waals surface area contributed by atoms with Gasteiger partial charge in [0, 0.05) is 0 Å². The minimum Gasteiger partial charge on any atom is -0.221 e. The lowest BCUT2D eigenvalue weighted by atomic mass is 10.3. The first kappa shape index (κ1) is 10.8. The molecule has 0 spiro atoms. The van der Waals surface area contributed by atoms with E-state index in [4.69, 9.17) is 0 Å². The second kappa shape index (κ2) is 4.07. The molecule has 2 aromatic rings. The molecule has 16 heavy (non-hydrogen) atoms. The second-order valence-corrected chi connectivity index (χ2v) is 4.96. The van der Waals surface area contributed by atoms with E-state index in [1.807, 2.05) is 18.2 Å². The molecule has 0 bridgehead atoms. The Morgan fingerprint density at radius 3 is 2.50 bits per heavy atom. The molecule has 0 aliphatic heterocycles. The minimum atomic E-state index is -3.48. The Bertz CT molecular complexity index is 575. The topological polar surface area (TPSA) is 64.0 Å². The highest BCUT2D eigenvalue weighted by Gasteiger charge is 2.17. The van der Waals surface area contributed by atoms with Crippen LogP contribution < -0.4 is 4.72 Å². The SMILES string of the molecule is CNS(=O)(=O)c1ccnn1-c1ccccc1. The molecule has 0 unspecified atom stereocenters. The standard InChI is InChI=1S/C10H11N3O2S/c1-11-16(14,15)10-7-8-12-13(10)9-5-3-2-4-6-9/h2-8,11H,1H3. The molecular weight excluding hydrogens is 226 g/mol. The van der Waals surface area contributed by atoms with Gasteiger partial charge in [0.15, 0.2) is 5.03 Å². The molecule has 1 aromatic heterocycles. The third kappa shape index (κ3) is 1.84. The Kier molecular flexibility index (Phi) is 2.76. The highest BCUT2D eigenvalue weighted by molar-refractivity contribution is 7.89. The third-order valence-corrected chi connectivity index (χ3v) is 3.55. The number of hydrogen-bond acceptors (Lipinski definition) is 3. The quantitative estimate of drug-likeness (QED) is 0.858. The number of hydrogen-bond donors (Lipinski definition) is 1. The van der Waals surface area contributed by atoms with Crippen molar-refractivity contribution in [2.24, 2.45) is 0 Å². The number of aromatic nitrogens is 2. The van der Waals surface area contributed by atoms with Crippen LogP contribution in [-0.2, 0) is 10.0 Å². The van der Waals surface area contributed by atoms with Gasteiger partial charge in [0.05, 0.1) is 11.9 Å². The highest BCUT2D eigenvalue weighted by atomic mass is 32.2. The van der Waals surface area contributed by atoms with Crippen molar-refractivity contribution in [3.63, 3.8) is 0 Å². The fourth-order valence-electron chi connectivity index (χ4n) is 1.36. The van der Waals surface area contributed by atoms with Crippen molar-refractivity contribution >= 4 is 10.0 Å². The van der Waals surface area contributed by atoms with E-state index < -0.39 is 10.0 Å².